The fraction of sp³-hybridized carbons (Fsp3) is 0.222. The van der Waals surface area contributed by atoms with Gasteiger partial charge >= 0.3 is 0 Å². The van der Waals surface area contributed by atoms with Crippen LogP contribution in [0.5, 0.6) is 5.75 Å². The average molecular weight is 405 g/mol. The Morgan fingerprint density at radius 2 is 1.89 bits per heavy atom. The Labute approximate surface area is 166 Å². The molecule has 1 aromatic heterocycles. The summed E-state index contributed by atoms with van der Waals surface area (Å²) in [7, 11) is 0. The molecular weight excluding hydrogens is 387 g/mol. The Kier molecular flexibility index (Phi) is 5.07. The summed E-state index contributed by atoms with van der Waals surface area (Å²) in [4.78, 5) is 3.99. The molecule has 2 heterocycles. The van der Waals surface area contributed by atoms with Crippen LogP contribution in [0.15, 0.2) is 36.4 Å². The second kappa shape index (κ2) is 7.64. The van der Waals surface area contributed by atoms with Gasteiger partial charge in [-0.15, -0.1) is 5.10 Å². The van der Waals surface area contributed by atoms with E-state index in [9.17, 15) is 0 Å². The molecule has 4 rings (SSSR count). The van der Waals surface area contributed by atoms with Gasteiger partial charge in [0.15, 0.2) is 0 Å². The normalized spacial score (nSPS) is 16.4. The third-order valence-electron chi connectivity index (χ3n) is 4.26. The van der Waals surface area contributed by atoms with Crippen molar-refractivity contribution in [2.45, 2.75) is 12.5 Å². The minimum atomic E-state index is 0.220. The van der Waals surface area contributed by atoms with Crippen LogP contribution in [0.1, 0.15) is 6.42 Å². The van der Waals surface area contributed by atoms with Gasteiger partial charge in [0.05, 0.1) is 10.0 Å². The van der Waals surface area contributed by atoms with Crippen LogP contribution in [0.3, 0.4) is 0 Å². The lowest BCUT2D eigenvalue weighted by Crippen LogP contribution is -2.19. The molecule has 1 aliphatic heterocycles. The Morgan fingerprint density at radius 1 is 1.15 bits per heavy atom. The number of hydrogen-bond acceptors (Lipinski definition) is 6. The van der Waals surface area contributed by atoms with E-state index in [1.54, 1.807) is 12.1 Å². The van der Waals surface area contributed by atoms with Crippen molar-refractivity contribution in [1.29, 1.82) is 0 Å². The number of hydrogen-bond donors (Lipinski definition) is 4. The summed E-state index contributed by atoms with van der Waals surface area (Å²) < 4.78 is 5.95. The van der Waals surface area contributed by atoms with Crippen molar-refractivity contribution >= 4 is 40.8 Å². The first-order chi connectivity index (χ1) is 13.1. The minimum Gasteiger partial charge on any atom is -0.489 e. The number of aromatic amines is 1. The molecule has 0 saturated carbocycles. The number of anilines is 3. The number of benzene rings is 2. The summed E-state index contributed by atoms with van der Waals surface area (Å²) in [6.45, 7) is 1.87. The first kappa shape index (κ1) is 17.9. The molecule has 0 bridgehead atoms. The molecule has 1 fully saturated rings. The predicted molar refractivity (Wildman–Crippen MR) is 108 cm³/mol. The van der Waals surface area contributed by atoms with E-state index in [4.69, 9.17) is 33.7 Å². The average Bonchev–Trinajstić information content (AvgIpc) is 3.28. The Bertz CT molecular complexity index is 914. The lowest BCUT2D eigenvalue weighted by molar-refractivity contribution is 0.223. The van der Waals surface area contributed by atoms with Gasteiger partial charge in [-0.1, -0.05) is 35.3 Å². The maximum Gasteiger partial charge on any atom is 0.248 e. The van der Waals surface area contributed by atoms with E-state index in [-0.39, 0.29) is 12.1 Å². The van der Waals surface area contributed by atoms with E-state index in [1.165, 1.54) is 0 Å². The zero-order valence-electron chi connectivity index (χ0n) is 14.3. The lowest BCUT2D eigenvalue weighted by atomic mass is 10.0. The summed E-state index contributed by atoms with van der Waals surface area (Å²) in [5.74, 6) is 1.40. The zero-order valence-corrected chi connectivity index (χ0v) is 15.8. The Morgan fingerprint density at radius 3 is 2.48 bits per heavy atom. The molecule has 140 valence electrons. The molecule has 1 atom stereocenters. The fourth-order valence-electron chi connectivity index (χ4n) is 3.00. The molecule has 9 heteroatoms. The van der Waals surface area contributed by atoms with Crippen LogP contribution >= 0.6 is 23.2 Å². The van der Waals surface area contributed by atoms with E-state index in [2.05, 4.69) is 25.8 Å². The van der Waals surface area contributed by atoms with Gasteiger partial charge in [-0.05, 0) is 42.8 Å². The number of ether oxygens (including phenoxy) is 1. The number of nitrogens with two attached hydrogens (primary N) is 1. The van der Waals surface area contributed by atoms with Crippen LogP contribution in [0.2, 0.25) is 10.0 Å². The summed E-state index contributed by atoms with van der Waals surface area (Å²) in [5, 5.41) is 13.8. The van der Waals surface area contributed by atoms with Crippen LogP contribution in [0.4, 0.5) is 17.6 Å². The smallest absolute Gasteiger partial charge is 0.248 e. The van der Waals surface area contributed by atoms with Gasteiger partial charge < -0.3 is 21.1 Å². The molecule has 0 spiro atoms. The quantitative estimate of drug-likeness (QED) is 0.515. The van der Waals surface area contributed by atoms with Crippen LogP contribution < -0.4 is 21.1 Å². The molecule has 5 N–H and O–H groups in total. The van der Waals surface area contributed by atoms with E-state index in [1.807, 2.05) is 24.3 Å². The summed E-state index contributed by atoms with van der Waals surface area (Å²) in [6, 6.07) is 11.3. The summed E-state index contributed by atoms with van der Waals surface area (Å²) in [6.07, 6.45) is 1.24. The van der Waals surface area contributed by atoms with Gasteiger partial charge in [-0.25, -0.2) is 5.10 Å². The SMILES string of the molecule is Nc1nc(Nc2cc(Cl)c(-c3ccc(O[C@H]4CCNC4)cc3)c(Cl)c2)n[nH]1. The molecule has 0 aliphatic carbocycles. The Hall–Kier alpha value is -2.48. The maximum absolute atomic E-state index is 6.48. The van der Waals surface area contributed by atoms with Gasteiger partial charge in [0.1, 0.15) is 11.9 Å². The van der Waals surface area contributed by atoms with Crippen molar-refractivity contribution in [2.75, 3.05) is 24.1 Å². The van der Waals surface area contributed by atoms with Crippen molar-refractivity contribution in [3.63, 3.8) is 0 Å². The summed E-state index contributed by atoms with van der Waals surface area (Å²) >= 11 is 13.0. The minimum absolute atomic E-state index is 0.220. The highest BCUT2D eigenvalue weighted by Gasteiger charge is 2.16. The molecule has 7 nitrogen and oxygen atoms in total. The van der Waals surface area contributed by atoms with Crippen LogP contribution in [0, 0.1) is 0 Å². The largest absolute Gasteiger partial charge is 0.489 e. The monoisotopic (exact) mass is 404 g/mol. The zero-order chi connectivity index (χ0) is 18.8. The third-order valence-corrected chi connectivity index (χ3v) is 4.86. The first-order valence-corrected chi connectivity index (χ1v) is 9.26. The second-order valence-electron chi connectivity index (χ2n) is 6.24. The summed E-state index contributed by atoms with van der Waals surface area (Å²) in [5.41, 5.74) is 7.86. The molecule has 1 saturated heterocycles. The topological polar surface area (TPSA) is 101 Å². The number of halogens is 2. The number of nitrogens with zero attached hydrogens (tertiary/aromatic N) is 2. The molecule has 1 aliphatic rings. The molecule has 27 heavy (non-hydrogen) atoms. The van der Waals surface area contributed by atoms with Crippen molar-refractivity contribution in [1.82, 2.24) is 20.5 Å². The highest BCUT2D eigenvalue weighted by molar-refractivity contribution is 6.39. The van der Waals surface area contributed by atoms with Gasteiger partial charge in [0.2, 0.25) is 11.9 Å². The molecule has 3 aromatic rings. The molecule has 0 unspecified atom stereocenters. The van der Waals surface area contributed by atoms with Gasteiger partial charge in [0, 0.05) is 17.8 Å². The second-order valence-corrected chi connectivity index (χ2v) is 7.06. The lowest BCUT2D eigenvalue weighted by Gasteiger charge is -2.14. The maximum atomic E-state index is 6.48. The highest BCUT2D eigenvalue weighted by atomic mass is 35.5. The van der Waals surface area contributed by atoms with Crippen molar-refractivity contribution in [3.8, 4) is 16.9 Å². The van der Waals surface area contributed by atoms with Crippen molar-refractivity contribution < 1.29 is 4.74 Å². The molecular formula is C18H18Cl2N6O. The van der Waals surface area contributed by atoms with E-state index in [0.29, 0.717) is 21.7 Å². The molecule has 2 aromatic carbocycles. The fourth-order valence-corrected chi connectivity index (χ4v) is 3.71. The standard InChI is InChI=1S/C18H18Cl2N6O/c19-14-7-11(23-18-24-17(21)25-26-18)8-15(20)16(14)10-1-3-12(4-2-10)27-13-5-6-22-9-13/h1-4,7-8,13,22H,5-6,9H2,(H4,21,23,24,25,26)/t13-/m0/s1. The van der Waals surface area contributed by atoms with Crippen LogP contribution in [-0.4, -0.2) is 34.4 Å². The van der Waals surface area contributed by atoms with Crippen LogP contribution in [0.25, 0.3) is 11.1 Å². The highest BCUT2D eigenvalue weighted by Crippen LogP contribution is 2.38. The third kappa shape index (κ3) is 4.10. The number of aromatic nitrogens is 3. The number of nitrogen functional groups attached to an aromatic ring is 1. The van der Waals surface area contributed by atoms with Crippen LogP contribution in [-0.2, 0) is 0 Å². The van der Waals surface area contributed by atoms with Crippen molar-refractivity contribution in [2.24, 2.45) is 0 Å². The molecule has 0 radical (unpaired) electrons. The van der Waals surface area contributed by atoms with Gasteiger partial charge in [-0.3, -0.25) is 0 Å². The van der Waals surface area contributed by atoms with E-state index < -0.39 is 0 Å². The van der Waals surface area contributed by atoms with Gasteiger partial charge in [0.25, 0.3) is 0 Å². The number of nitrogens with one attached hydrogen (secondary N) is 3. The van der Waals surface area contributed by atoms with Gasteiger partial charge in [-0.2, -0.15) is 4.98 Å². The molecule has 0 amide bonds. The predicted octanol–water partition coefficient (Wildman–Crippen LogP) is 3.85. The van der Waals surface area contributed by atoms with E-state index >= 15 is 0 Å². The van der Waals surface area contributed by atoms with E-state index in [0.717, 1.165) is 36.4 Å². The Balaban J connectivity index is 1.54. The van der Waals surface area contributed by atoms with Crippen molar-refractivity contribution in [3.05, 3.63) is 46.4 Å². The number of rotatable bonds is 5. The first-order valence-electron chi connectivity index (χ1n) is 8.50. The number of H-pyrrole nitrogens is 1.